The van der Waals surface area contributed by atoms with Crippen molar-refractivity contribution in [3.63, 3.8) is 0 Å². The number of hydrogen-bond acceptors (Lipinski definition) is 0. The molecule has 0 aliphatic rings. The highest BCUT2D eigenvalue weighted by molar-refractivity contribution is 6.82. The maximum absolute atomic E-state index is 2.44. The van der Waals surface area contributed by atoms with Gasteiger partial charge in [0, 0.05) is 18.2 Å². The molecular formula is C16H30NSi+. The van der Waals surface area contributed by atoms with E-state index in [1.54, 1.807) is 0 Å². The van der Waals surface area contributed by atoms with E-state index in [-0.39, 0.29) is 0 Å². The second-order valence-electron chi connectivity index (χ2n) is 6.56. The minimum atomic E-state index is -1.32. The first-order valence-electron chi connectivity index (χ1n) is 7.25. The SMILES string of the molecule is CC(C)[Si](Cc1cccc[n+]1C)(C(C)C)C(C)C. The van der Waals surface area contributed by atoms with Crippen LogP contribution >= 0.6 is 0 Å². The molecule has 1 heterocycles. The van der Waals surface area contributed by atoms with Gasteiger partial charge in [0.25, 0.3) is 0 Å². The smallest absolute Gasteiger partial charge is 0.178 e. The standard InChI is InChI=1S/C16H30NSi/c1-13(2)18(14(3)4,15(5)6)12-16-10-8-9-11-17(16)7/h8-11,13-15H,12H2,1-7H3/q+1. The first-order chi connectivity index (χ1) is 8.32. The molecule has 0 unspecified atom stereocenters. The van der Waals surface area contributed by atoms with Crippen molar-refractivity contribution in [2.24, 2.45) is 7.05 Å². The Morgan fingerprint density at radius 2 is 1.44 bits per heavy atom. The van der Waals surface area contributed by atoms with Crippen molar-refractivity contribution < 1.29 is 4.57 Å². The van der Waals surface area contributed by atoms with Crippen LogP contribution in [0.2, 0.25) is 16.6 Å². The van der Waals surface area contributed by atoms with Crippen LogP contribution in [0.3, 0.4) is 0 Å². The van der Waals surface area contributed by atoms with E-state index in [0.29, 0.717) is 0 Å². The molecule has 1 aromatic rings. The number of rotatable bonds is 5. The molecule has 18 heavy (non-hydrogen) atoms. The first-order valence-corrected chi connectivity index (χ1v) is 9.69. The van der Waals surface area contributed by atoms with Gasteiger partial charge in [-0.1, -0.05) is 64.2 Å². The average Bonchev–Trinajstić information content (AvgIpc) is 2.26. The fourth-order valence-corrected chi connectivity index (χ4v) is 9.89. The van der Waals surface area contributed by atoms with Crippen molar-refractivity contribution in [3.05, 3.63) is 30.1 Å². The second kappa shape index (κ2) is 6.01. The van der Waals surface area contributed by atoms with E-state index in [1.165, 1.54) is 11.7 Å². The van der Waals surface area contributed by atoms with E-state index in [1.807, 2.05) is 0 Å². The molecule has 0 aromatic carbocycles. The summed E-state index contributed by atoms with van der Waals surface area (Å²) in [5, 5.41) is 0. The number of pyridine rings is 1. The molecule has 0 radical (unpaired) electrons. The van der Waals surface area contributed by atoms with Crippen LogP contribution < -0.4 is 4.57 Å². The molecule has 0 N–H and O–H groups in total. The third-order valence-corrected chi connectivity index (χ3v) is 12.3. The number of nitrogens with zero attached hydrogens (tertiary/aromatic N) is 1. The minimum Gasteiger partial charge on any atom is -0.205 e. The van der Waals surface area contributed by atoms with Crippen LogP contribution in [0.1, 0.15) is 47.2 Å². The quantitative estimate of drug-likeness (QED) is 0.552. The van der Waals surface area contributed by atoms with Crippen molar-refractivity contribution >= 4 is 8.07 Å². The van der Waals surface area contributed by atoms with Crippen LogP contribution in [0.4, 0.5) is 0 Å². The highest BCUT2D eigenvalue weighted by Crippen LogP contribution is 2.43. The Balaban J connectivity index is 3.17. The van der Waals surface area contributed by atoms with Crippen LogP contribution in [-0.4, -0.2) is 8.07 Å². The zero-order valence-corrected chi connectivity index (χ0v) is 14.2. The van der Waals surface area contributed by atoms with Crippen LogP contribution in [0.5, 0.6) is 0 Å². The molecule has 1 aromatic heterocycles. The number of aryl methyl sites for hydroxylation is 1. The lowest BCUT2D eigenvalue weighted by Crippen LogP contribution is -2.50. The fourth-order valence-electron chi connectivity index (χ4n) is 3.67. The Morgan fingerprint density at radius 3 is 1.83 bits per heavy atom. The van der Waals surface area contributed by atoms with E-state index < -0.39 is 8.07 Å². The predicted octanol–water partition coefficient (Wildman–Crippen LogP) is 4.27. The summed E-state index contributed by atoms with van der Waals surface area (Å²) in [4.78, 5) is 0. The summed E-state index contributed by atoms with van der Waals surface area (Å²) in [5.74, 6) is 0. The molecule has 2 heteroatoms. The van der Waals surface area contributed by atoms with Gasteiger partial charge in [-0.15, -0.1) is 0 Å². The van der Waals surface area contributed by atoms with Crippen LogP contribution in [-0.2, 0) is 13.1 Å². The van der Waals surface area contributed by atoms with E-state index >= 15 is 0 Å². The summed E-state index contributed by atoms with van der Waals surface area (Å²) in [5.41, 5.74) is 3.99. The average molecular weight is 265 g/mol. The van der Waals surface area contributed by atoms with Crippen LogP contribution in [0.15, 0.2) is 24.4 Å². The lowest BCUT2D eigenvalue weighted by molar-refractivity contribution is -0.678. The molecule has 0 fully saturated rings. The van der Waals surface area contributed by atoms with Crippen molar-refractivity contribution in [3.8, 4) is 0 Å². The van der Waals surface area contributed by atoms with Crippen LogP contribution in [0, 0.1) is 0 Å². The lowest BCUT2D eigenvalue weighted by Gasteiger charge is -2.42. The summed E-state index contributed by atoms with van der Waals surface area (Å²) in [6.07, 6.45) is 2.18. The topological polar surface area (TPSA) is 3.88 Å². The maximum Gasteiger partial charge on any atom is 0.178 e. The fraction of sp³-hybridized carbons (Fsp3) is 0.688. The first kappa shape index (κ1) is 15.4. The summed E-state index contributed by atoms with van der Waals surface area (Å²) >= 11 is 0. The normalized spacial score (nSPS) is 12.8. The van der Waals surface area contributed by atoms with Gasteiger partial charge in [0.05, 0.1) is 8.07 Å². The van der Waals surface area contributed by atoms with Crippen molar-refractivity contribution in [1.82, 2.24) is 0 Å². The monoisotopic (exact) mass is 264 g/mol. The Kier molecular flexibility index (Phi) is 5.15. The van der Waals surface area contributed by atoms with E-state index in [9.17, 15) is 0 Å². The molecule has 0 aliphatic carbocycles. The molecule has 102 valence electrons. The number of aromatic nitrogens is 1. The lowest BCUT2D eigenvalue weighted by atomic mass is 10.4. The maximum atomic E-state index is 2.44. The van der Waals surface area contributed by atoms with Gasteiger partial charge in [0.15, 0.2) is 11.9 Å². The van der Waals surface area contributed by atoms with Crippen molar-refractivity contribution in [1.29, 1.82) is 0 Å². The van der Waals surface area contributed by atoms with Crippen molar-refractivity contribution in [2.75, 3.05) is 0 Å². The Labute approximate surface area is 114 Å². The van der Waals surface area contributed by atoms with Gasteiger partial charge in [-0.05, 0) is 0 Å². The van der Waals surface area contributed by atoms with Crippen LogP contribution in [0.25, 0.3) is 0 Å². The minimum absolute atomic E-state index is 0.831. The Hall–Kier alpha value is -0.633. The Morgan fingerprint density at radius 1 is 0.944 bits per heavy atom. The molecule has 0 spiro atoms. The van der Waals surface area contributed by atoms with Gasteiger partial charge in [-0.25, -0.2) is 4.57 Å². The largest absolute Gasteiger partial charge is 0.205 e. The molecule has 0 saturated carbocycles. The van der Waals surface area contributed by atoms with Gasteiger partial charge >= 0.3 is 0 Å². The summed E-state index contributed by atoms with van der Waals surface area (Å²) < 4.78 is 2.30. The summed E-state index contributed by atoms with van der Waals surface area (Å²) in [7, 11) is 0.855. The van der Waals surface area contributed by atoms with E-state index in [4.69, 9.17) is 0 Å². The van der Waals surface area contributed by atoms with Gasteiger partial charge in [0.1, 0.15) is 7.05 Å². The molecule has 0 amide bonds. The third kappa shape index (κ3) is 2.85. The van der Waals surface area contributed by atoms with Gasteiger partial charge in [-0.2, -0.15) is 0 Å². The zero-order chi connectivity index (χ0) is 13.9. The molecule has 0 atom stereocenters. The van der Waals surface area contributed by atoms with Crippen molar-refractivity contribution in [2.45, 2.75) is 64.2 Å². The van der Waals surface area contributed by atoms with Gasteiger partial charge in [0.2, 0.25) is 0 Å². The molecule has 0 saturated heterocycles. The second-order valence-corrected chi connectivity index (χ2v) is 12.6. The van der Waals surface area contributed by atoms with Gasteiger partial charge < -0.3 is 0 Å². The predicted molar refractivity (Wildman–Crippen MR) is 82.4 cm³/mol. The molecular weight excluding hydrogens is 234 g/mol. The summed E-state index contributed by atoms with van der Waals surface area (Å²) in [6.45, 7) is 14.6. The highest BCUT2D eigenvalue weighted by atomic mass is 28.3. The number of hydrogen-bond donors (Lipinski definition) is 0. The molecule has 1 nitrogen and oxygen atoms in total. The Bertz CT molecular complexity index is 361. The summed E-state index contributed by atoms with van der Waals surface area (Å²) in [6, 6.07) is 7.90. The molecule has 0 bridgehead atoms. The highest BCUT2D eigenvalue weighted by Gasteiger charge is 2.44. The zero-order valence-electron chi connectivity index (χ0n) is 13.2. The van der Waals surface area contributed by atoms with E-state index in [2.05, 4.69) is 77.6 Å². The third-order valence-electron chi connectivity index (χ3n) is 4.87. The van der Waals surface area contributed by atoms with E-state index in [0.717, 1.165) is 16.6 Å². The molecule has 1 rings (SSSR count). The van der Waals surface area contributed by atoms with Gasteiger partial charge in [-0.3, -0.25) is 0 Å². The molecule has 0 aliphatic heterocycles.